The lowest BCUT2D eigenvalue weighted by Crippen LogP contribution is -2.54. The van der Waals surface area contributed by atoms with Gasteiger partial charge in [0.2, 0.25) is 11.8 Å². The Hall–Kier alpha value is -5.60. The predicted molar refractivity (Wildman–Crippen MR) is 232 cm³/mol. The van der Waals surface area contributed by atoms with E-state index in [2.05, 4.69) is 51.2 Å². The molecule has 0 radical (unpaired) electrons. The lowest BCUT2D eigenvalue weighted by Gasteiger charge is -2.39. The molecule has 0 saturated carbocycles. The quantitative estimate of drug-likeness (QED) is 0.103. The summed E-state index contributed by atoms with van der Waals surface area (Å²) in [5.74, 6) is -0.522. The van der Waals surface area contributed by atoms with E-state index in [-0.39, 0.29) is 18.7 Å². The Morgan fingerprint density at radius 3 is 2.03 bits per heavy atom. The molecule has 0 spiro atoms. The van der Waals surface area contributed by atoms with Crippen LogP contribution < -0.4 is 20.4 Å². The van der Waals surface area contributed by atoms with E-state index >= 15 is 0 Å². The van der Waals surface area contributed by atoms with Crippen molar-refractivity contribution in [2.75, 3.05) is 63.9 Å². The van der Waals surface area contributed by atoms with Crippen molar-refractivity contribution in [2.45, 2.75) is 45.1 Å². The molecular formula is C47H52BN5O7. The topological polar surface area (TPSA) is 143 Å². The number of carbonyl (C=O) groups is 4. The third-order valence-electron chi connectivity index (χ3n) is 12.5. The molecule has 4 heterocycles. The molecular weight excluding hydrogens is 757 g/mol. The highest BCUT2D eigenvalue weighted by atomic mass is 16.5. The third kappa shape index (κ3) is 8.95. The number of allylic oxidation sites excluding steroid dienone is 1. The van der Waals surface area contributed by atoms with Crippen LogP contribution in [0.15, 0.2) is 97.1 Å². The van der Waals surface area contributed by atoms with Crippen LogP contribution in [0.3, 0.4) is 0 Å². The van der Waals surface area contributed by atoms with Crippen LogP contribution in [0.5, 0.6) is 5.75 Å². The van der Waals surface area contributed by atoms with Gasteiger partial charge >= 0.3 is 7.12 Å². The maximum absolute atomic E-state index is 13.3. The highest BCUT2D eigenvalue weighted by molar-refractivity contribution is 6.58. The Labute approximate surface area is 351 Å². The number of benzene rings is 4. The number of nitrogens with one attached hydrogen (secondary N) is 1. The van der Waals surface area contributed by atoms with Crippen molar-refractivity contribution < 1.29 is 34.0 Å². The number of hydrogen-bond acceptors (Lipinski definition) is 10. The van der Waals surface area contributed by atoms with E-state index in [9.17, 15) is 29.2 Å². The van der Waals surface area contributed by atoms with Gasteiger partial charge in [0.1, 0.15) is 18.4 Å². The molecule has 3 fully saturated rings. The molecule has 1 atom stereocenters. The van der Waals surface area contributed by atoms with E-state index in [1.807, 2.05) is 48.5 Å². The molecule has 0 bridgehead atoms. The smallest absolute Gasteiger partial charge is 0.488 e. The van der Waals surface area contributed by atoms with Crippen molar-refractivity contribution in [3.63, 3.8) is 0 Å². The van der Waals surface area contributed by atoms with E-state index in [1.165, 1.54) is 5.57 Å². The molecule has 3 saturated heterocycles. The first-order chi connectivity index (χ1) is 29.2. The van der Waals surface area contributed by atoms with Gasteiger partial charge < -0.3 is 24.6 Å². The summed E-state index contributed by atoms with van der Waals surface area (Å²) in [7, 11) is -1.51. The standard InChI is InChI=1S/C47H52BN5O7/c1-2-39(33-6-4-3-5-7-33)44(34-8-12-36(13-9-34)48(58)59)35-10-15-38(16-11-35)60-29-28-50-24-26-51(27-25-50)31-32-20-22-52(23-21-32)37-14-17-40-41(30-37)47(57)53(46(40)56)42-18-19-43(54)49-45(42)55/h3-17,30,32,42,58-59H,2,18-29,31H2,1H3,(H,49,54,55)/b44-39+. The molecule has 4 aromatic rings. The van der Waals surface area contributed by atoms with E-state index in [4.69, 9.17) is 4.74 Å². The van der Waals surface area contributed by atoms with Gasteiger partial charge in [-0.3, -0.25) is 34.3 Å². The molecule has 1 unspecified atom stereocenters. The second kappa shape index (κ2) is 18.3. The van der Waals surface area contributed by atoms with E-state index in [1.54, 1.807) is 24.3 Å². The van der Waals surface area contributed by atoms with Crippen LogP contribution in [0, 0.1) is 5.92 Å². The number of nitrogens with zero attached hydrogens (tertiary/aromatic N) is 4. The van der Waals surface area contributed by atoms with Crippen LogP contribution in [-0.4, -0.2) is 121 Å². The average molecular weight is 810 g/mol. The lowest BCUT2D eigenvalue weighted by atomic mass is 9.79. The van der Waals surface area contributed by atoms with Crippen molar-refractivity contribution in [3.05, 3.63) is 125 Å². The van der Waals surface area contributed by atoms with Crippen LogP contribution in [0.25, 0.3) is 11.1 Å². The summed E-state index contributed by atoms with van der Waals surface area (Å²) in [5, 5.41) is 21.6. The molecule has 3 N–H and O–H groups in total. The summed E-state index contributed by atoms with van der Waals surface area (Å²) >= 11 is 0. The van der Waals surface area contributed by atoms with Crippen LogP contribution in [0.4, 0.5) is 5.69 Å². The fraction of sp³-hybridized carbons (Fsp3) is 0.362. The maximum Gasteiger partial charge on any atom is 0.488 e. The molecule has 0 aliphatic carbocycles. The van der Waals surface area contributed by atoms with Gasteiger partial charge in [0.15, 0.2) is 0 Å². The molecule has 4 aliphatic rings. The summed E-state index contributed by atoms with van der Waals surface area (Å²) in [4.78, 5) is 58.9. The zero-order valence-corrected chi connectivity index (χ0v) is 34.1. The van der Waals surface area contributed by atoms with E-state index < -0.39 is 30.9 Å². The highest BCUT2D eigenvalue weighted by Gasteiger charge is 2.45. The van der Waals surface area contributed by atoms with Crippen molar-refractivity contribution in [1.82, 2.24) is 20.0 Å². The van der Waals surface area contributed by atoms with Crippen LogP contribution in [0.2, 0.25) is 0 Å². The Morgan fingerprint density at radius 1 is 0.733 bits per heavy atom. The number of carbonyl (C=O) groups excluding carboxylic acids is 4. The molecule has 4 amide bonds. The van der Waals surface area contributed by atoms with Crippen LogP contribution in [0.1, 0.15) is 76.4 Å². The summed E-state index contributed by atoms with van der Waals surface area (Å²) < 4.78 is 6.24. The van der Waals surface area contributed by atoms with Gasteiger partial charge in [-0.05, 0) is 95.2 Å². The van der Waals surface area contributed by atoms with Crippen LogP contribution >= 0.6 is 0 Å². The first kappa shape index (κ1) is 41.2. The molecule has 310 valence electrons. The summed E-state index contributed by atoms with van der Waals surface area (Å²) in [6, 6.07) is 30.5. The van der Waals surface area contributed by atoms with Crippen molar-refractivity contribution in [1.29, 1.82) is 0 Å². The van der Waals surface area contributed by atoms with Gasteiger partial charge in [-0.15, -0.1) is 0 Å². The first-order valence-electron chi connectivity index (χ1n) is 21.2. The molecule has 13 heteroatoms. The predicted octanol–water partition coefficient (Wildman–Crippen LogP) is 4.05. The van der Waals surface area contributed by atoms with Crippen molar-refractivity contribution in [3.8, 4) is 5.75 Å². The Bertz CT molecular complexity index is 2230. The van der Waals surface area contributed by atoms with Gasteiger partial charge in [-0.2, -0.15) is 0 Å². The Balaban J connectivity index is 0.793. The fourth-order valence-corrected chi connectivity index (χ4v) is 9.10. The second-order valence-corrected chi connectivity index (χ2v) is 16.2. The fourth-order valence-electron chi connectivity index (χ4n) is 9.10. The zero-order chi connectivity index (χ0) is 41.8. The second-order valence-electron chi connectivity index (χ2n) is 16.2. The monoisotopic (exact) mass is 809 g/mol. The number of anilines is 1. The van der Waals surface area contributed by atoms with Gasteiger partial charge in [-0.25, -0.2) is 0 Å². The third-order valence-corrected chi connectivity index (χ3v) is 12.5. The Kier molecular flexibility index (Phi) is 12.6. The number of amides is 4. The van der Waals surface area contributed by atoms with E-state index in [0.29, 0.717) is 29.1 Å². The first-order valence-corrected chi connectivity index (χ1v) is 21.2. The minimum Gasteiger partial charge on any atom is -0.492 e. The lowest BCUT2D eigenvalue weighted by molar-refractivity contribution is -0.136. The zero-order valence-electron chi connectivity index (χ0n) is 34.1. The highest BCUT2D eigenvalue weighted by Crippen LogP contribution is 2.36. The minimum absolute atomic E-state index is 0.0984. The van der Waals surface area contributed by atoms with Crippen molar-refractivity contribution in [2.24, 2.45) is 5.92 Å². The van der Waals surface area contributed by atoms with Gasteiger partial charge in [0.25, 0.3) is 11.8 Å². The molecule has 60 heavy (non-hydrogen) atoms. The summed E-state index contributed by atoms with van der Waals surface area (Å²) in [6.07, 6.45) is 3.16. The number of rotatable bonds is 13. The number of piperazine rings is 1. The van der Waals surface area contributed by atoms with Gasteiger partial charge in [0.05, 0.1) is 11.1 Å². The SMILES string of the molecule is CC/C(=C(\c1ccc(OCCN2CCN(CC3CCN(c4ccc5c(c4)C(=O)N(C4CCC(=O)NC4=O)C5=O)CC3)CC2)cc1)c1ccc(B(O)O)cc1)c1ccccc1. The number of imide groups is 2. The molecule has 4 aromatic carbocycles. The normalized spacial score (nSPS) is 19.6. The summed E-state index contributed by atoms with van der Waals surface area (Å²) in [5.41, 5.74) is 7.54. The largest absolute Gasteiger partial charge is 0.492 e. The Morgan fingerprint density at radius 2 is 1.38 bits per heavy atom. The van der Waals surface area contributed by atoms with Gasteiger partial charge in [0, 0.05) is 64.5 Å². The van der Waals surface area contributed by atoms with Crippen LogP contribution in [-0.2, 0) is 9.59 Å². The molecule has 12 nitrogen and oxygen atoms in total. The average Bonchev–Trinajstić information content (AvgIpc) is 3.52. The van der Waals surface area contributed by atoms with Gasteiger partial charge in [-0.1, -0.05) is 73.7 Å². The van der Waals surface area contributed by atoms with Crippen molar-refractivity contribution >= 4 is 53.0 Å². The summed E-state index contributed by atoms with van der Waals surface area (Å²) in [6.45, 7) is 10.5. The maximum atomic E-state index is 13.3. The molecule has 4 aliphatic heterocycles. The van der Waals surface area contributed by atoms with E-state index in [0.717, 1.165) is 110 Å². The molecule has 8 rings (SSSR count). The minimum atomic E-state index is -1.51. The molecule has 0 aromatic heterocycles. The number of hydrogen-bond donors (Lipinski definition) is 3. The number of fused-ring (bicyclic) bond motifs is 1. The number of piperidine rings is 2. The number of ether oxygens (including phenoxy) is 1.